The molecule has 0 atom stereocenters. The van der Waals surface area contributed by atoms with Gasteiger partial charge in [-0.2, -0.15) is 9.61 Å². The topological polar surface area (TPSA) is 67.5 Å². The van der Waals surface area contributed by atoms with Gasteiger partial charge >= 0.3 is 0 Å². The Bertz CT molecular complexity index is 984. The summed E-state index contributed by atoms with van der Waals surface area (Å²) in [5.41, 5.74) is 1.92. The number of fused-ring (bicyclic) bond motifs is 1. The van der Waals surface area contributed by atoms with E-state index in [1.807, 2.05) is 36.7 Å². The van der Waals surface area contributed by atoms with Crippen LogP contribution in [-0.2, 0) is 6.54 Å². The van der Waals surface area contributed by atoms with Crippen LogP contribution in [0.3, 0.4) is 0 Å². The minimum atomic E-state index is 0.0273. The Labute approximate surface area is 158 Å². The van der Waals surface area contributed by atoms with Gasteiger partial charge in [-0.05, 0) is 38.7 Å². The Morgan fingerprint density at radius 2 is 1.96 bits per heavy atom. The molecule has 0 spiro atoms. The van der Waals surface area contributed by atoms with Crippen LogP contribution in [0.1, 0.15) is 44.7 Å². The molecule has 27 heavy (non-hydrogen) atoms. The summed E-state index contributed by atoms with van der Waals surface area (Å²) in [7, 11) is 0. The van der Waals surface area contributed by atoms with Crippen LogP contribution in [0.2, 0.25) is 0 Å². The molecule has 4 heterocycles. The van der Waals surface area contributed by atoms with Gasteiger partial charge in [0.2, 0.25) is 0 Å². The van der Waals surface area contributed by atoms with E-state index in [4.69, 9.17) is 4.98 Å². The van der Waals surface area contributed by atoms with Crippen molar-refractivity contribution in [1.82, 2.24) is 19.2 Å². The molecule has 0 aromatic carbocycles. The number of anilines is 2. The summed E-state index contributed by atoms with van der Waals surface area (Å²) in [6, 6.07) is 7.65. The van der Waals surface area contributed by atoms with Crippen LogP contribution in [0.15, 0.2) is 41.5 Å². The van der Waals surface area contributed by atoms with E-state index in [-0.39, 0.29) is 11.6 Å². The van der Waals surface area contributed by atoms with Crippen molar-refractivity contribution in [3.63, 3.8) is 0 Å². The fourth-order valence-electron chi connectivity index (χ4n) is 3.56. The van der Waals surface area contributed by atoms with Crippen LogP contribution in [0.4, 0.5) is 11.6 Å². The normalized spacial score (nSPS) is 14.9. The van der Waals surface area contributed by atoms with E-state index in [2.05, 4.69) is 21.4 Å². The van der Waals surface area contributed by atoms with Gasteiger partial charge < -0.3 is 14.8 Å². The average Bonchev–Trinajstić information content (AvgIpc) is 3.16. The predicted molar refractivity (Wildman–Crippen MR) is 107 cm³/mol. The van der Waals surface area contributed by atoms with E-state index in [0.717, 1.165) is 35.9 Å². The first-order chi connectivity index (χ1) is 13.1. The first-order valence-electron chi connectivity index (χ1n) is 9.66. The lowest BCUT2D eigenvalue weighted by Crippen LogP contribution is -2.30. The first kappa shape index (κ1) is 17.6. The monoisotopic (exact) mass is 366 g/mol. The SMILES string of the molecule is CC(C)n1cc(CNc2cc(N3CCCCC3)nc3ccnn23)ccc1=O. The third-order valence-electron chi connectivity index (χ3n) is 5.06. The Morgan fingerprint density at radius 1 is 1.15 bits per heavy atom. The van der Waals surface area contributed by atoms with Crippen molar-refractivity contribution in [2.75, 3.05) is 23.3 Å². The molecule has 1 saturated heterocycles. The Morgan fingerprint density at radius 3 is 2.74 bits per heavy atom. The number of nitrogens with one attached hydrogen (secondary N) is 1. The van der Waals surface area contributed by atoms with Gasteiger partial charge in [0.15, 0.2) is 5.65 Å². The lowest BCUT2D eigenvalue weighted by Gasteiger charge is -2.28. The molecule has 0 radical (unpaired) electrons. The quantitative estimate of drug-likeness (QED) is 0.752. The molecule has 0 aliphatic carbocycles. The summed E-state index contributed by atoms with van der Waals surface area (Å²) >= 11 is 0. The summed E-state index contributed by atoms with van der Waals surface area (Å²) in [4.78, 5) is 19.1. The summed E-state index contributed by atoms with van der Waals surface area (Å²) in [6.45, 7) is 6.75. The zero-order valence-corrected chi connectivity index (χ0v) is 15.9. The summed E-state index contributed by atoms with van der Waals surface area (Å²) in [5, 5.41) is 7.87. The second kappa shape index (κ2) is 7.42. The van der Waals surface area contributed by atoms with Crippen molar-refractivity contribution in [2.45, 2.75) is 45.7 Å². The van der Waals surface area contributed by atoms with Crippen molar-refractivity contribution >= 4 is 17.3 Å². The molecule has 3 aromatic rings. The predicted octanol–water partition coefficient (Wildman–Crippen LogP) is 3.07. The molecule has 1 fully saturated rings. The van der Waals surface area contributed by atoms with E-state index >= 15 is 0 Å². The third-order valence-corrected chi connectivity index (χ3v) is 5.06. The molecule has 0 unspecified atom stereocenters. The van der Waals surface area contributed by atoms with Crippen LogP contribution in [0.25, 0.3) is 5.65 Å². The maximum atomic E-state index is 12.0. The van der Waals surface area contributed by atoms with Crippen LogP contribution < -0.4 is 15.8 Å². The number of piperidine rings is 1. The van der Waals surface area contributed by atoms with Crippen molar-refractivity contribution in [3.05, 3.63) is 52.6 Å². The Hall–Kier alpha value is -2.83. The minimum Gasteiger partial charge on any atom is -0.366 e. The highest BCUT2D eigenvalue weighted by molar-refractivity contribution is 5.58. The van der Waals surface area contributed by atoms with Gasteiger partial charge in [-0.25, -0.2) is 4.98 Å². The van der Waals surface area contributed by atoms with E-state index < -0.39 is 0 Å². The van der Waals surface area contributed by atoms with Gasteiger partial charge in [-0.15, -0.1) is 0 Å². The molecule has 0 bridgehead atoms. The number of hydrogen-bond donors (Lipinski definition) is 1. The smallest absolute Gasteiger partial charge is 0.250 e. The van der Waals surface area contributed by atoms with Crippen LogP contribution >= 0.6 is 0 Å². The van der Waals surface area contributed by atoms with E-state index in [1.54, 1.807) is 16.8 Å². The molecule has 1 aliphatic rings. The van der Waals surface area contributed by atoms with Crippen molar-refractivity contribution in [2.24, 2.45) is 0 Å². The van der Waals surface area contributed by atoms with Crippen molar-refractivity contribution in [3.8, 4) is 0 Å². The van der Waals surface area contributed by atoms with Gasteiger partial charge in [0.05, 0.1) is 6.20 Å². The van der Waals surface area contributed by atoms with E-state index in [1.165, 1.54) is 19.3 Å². The van der Waals surface area contributed by atoms with Gasteiger partial charge in [0.25, 0.3) is 5.56 Å². The summed E-state index contributed by atoms with van der Waals surface area (Å²) in [6.07, 6.45) is 7.42. The van der Waals surface area contributed by atoms with Crippen LogP contribution in [0.5, 0.6) is 0 Å². The maximum Gasteiger partial charge on any atom is 0.250 e. The highest BCUT2D eigenvalue weighted by Gasteiger charge is 2.15. The molecule has 7 heteroatoms. The zero-order chi connectivity index (χ0) is 18.8. The molecule has 1 N–H and O–H groups in total. The second-order valence-corrected chi connectivity index (χ2v) is 7.38. The third kappa shape index (κ3) is 3.67. The number of aromatic nitrogens is 4. The van der Waals surface area contributed by atoms with Crippen molar-refractivity contribution < 1.29 is 0 Å². The molecule has 3 aromatic heterocycles. The van der Waals surface area contributed by atoms with E-state index in [0.29, 0.717) is 6.54 Å². The van der Waals surface area contributed by atoms with Gasteiger partial charge in [0, 0.05) is 50.1 Å². The zero-order valence-electron chi connectivity index (χ0n) is 15.9. The fourth-order valence-corrected chi connectivity index (χ4v) is 3.56. The van der Waals surface area contributed by atoms with Crippen LogP contribution in [0, 0.1) is 0 Å². The highest BCUT2D eigenvalue weighted by Crippen LogP contribution is 2.23. The molecule has 7 nitrogen and oxygen atoms in total. The lowest BCUT2D eigenvalue weighted by molar-refractivity contribution is 0.573. The number of pyridine rings is 1. The summed E-state index contributed by atoms with van der Waals surface area (Å²) in [5.74, 6) is 1.91. The second-order valence-electron chi connectivity index (χ2n) is 7.38. The van der Waals surface area contributed by atoms with Crippen LogP contribution in [-0.4, -0.2) is 32.3 Å². The lowest BCUT2D eigenvalue weighted by atomic mass is 10.1. The molecule has 1 aliphatic heterocycles. The van der Waals surface area contributed by atoms with E-state index in [9.17, 15) is 4.79 Å². The standard InChI is InChI=1S/C20H26N6O/c1-15(2)25-14-16(6-7-20(25)27)13-21-18-12-19(24-10-4-3-5-11-24)23-17-8-9-22-26(17)18/h6-9,12,14-15,21H,3-5,10-11,13H2,1-2H3. The first-order valence-corrected chi connectivity index (χ1v) is 9.66. The van der Waals surface area contributed by atoms with Crippen molar-refractivity contribution in [1.29, 1.82) is 0 Å². The Balaban J connectivity index is 1.60. The fraction of sp³-hybridized carbons (Fsp3) is 0.450. The molecule has 0 saturated carbocycles. The maximum absolute atomic E-state index is 12.0. The molecule has 0 amide bonds. The van der Waals surface area contributed by atoms with Gasteiger partial charge in [0.1, 0.15) is 11.6 Å². The molecule has 142 valence electrons. The number of nitrogens with zero attached hydrogens (tertiary/aromatic N) is 5. The number of hydrogen-bond acceptors (Lipinski definition) is 5. The Kier molecular flexibility index (Phi) is 4.83. The minimum absolute atomic E-state index is 0.0273. The average molecular weight is 366 g/mol. The highest BCUT2D eigenvalue weighted by atomic mass is 16.1. The summed E-state index contributed by atoms with van der Waals surface area (Å²) < 4.78 is 3.58. The van der Waals surface area contributed by atoms with Gasteiger partial charge in [-0.1, -0.05) is 6.07 Å². The van der Waals surface area contributed by atoms with Gasteiger partial charge in [-0.3, -0.25) is 4.79 Å². The molecular weight excluding hydrogens is 340 g/mol. The molecular formula is C20H26N6O. The molecule has 4 rings (SSSR count). The largest absolute Gasteiger partial charge is 0.366 e. The number of rotatable bonds is 5.